The molecule has 1 aromatic heterocycles. The van der Waals surface area contributed by atoms with Gasteiger partial charge in [-0.3, -0.25) is 10.1 Å². The molecule has 12 heavy (non-hydrogen) atoms. The lowest BCUT2D eigenvalue weighted by Crippen LogP contribution is -1.95. The molecule has 0 radical (unpaired) electrons. The smallest absolute Gasteiger partial charge is 0.222 e. The van der Waals surface area contributed by atoms with Crippen molar-refractivity contribution in [1.82, 2.24) is 0 Å². The highest BCUT2D eigenvalue weighted by Gasteiger charge is 1.96. The molecule has 1 aromatic rings. The summed E-state index contributed by atoms with van der Waals surface area (Å²) in [6.45, 7) is -0.159. The van der Waals surface area contributed by atoms with Crippen molar-refractivity contribution in [2.75, 3.05) is 6.54 Å². The van der Waals surface area contributed by atoms with E-state index >= 15 is 0 Å². The number of hydrogen-bond acceptors (Lipinski definition) is 3. The highest BCUT2D eigenvalue weighted by Crippen LogP contribution is 2.22. The van der Waals surface area contributed by atoms with Crippen LogP contribution in [0.25, 0.3) is 6.08 Å². The van der Waals surface area contributed by atoms with E-state index in [9.17, 15) is 10.1 Å². The van der Waals surface area contributed by atoms with Crippen LogP contribution in [0.5, 0.6) is 0 Å². The Balaban J connectivity index is 2.57. The Morgan fingerprint density at radius 1 is 1.75 bits per heavy atom. The third kappa shape index (κ3) is 2.64. The fourth-order valence-corrected chi connectivity index (χ4v) is 1.71. The SMILES string of the molecule is O=[N+]([O-])C/C=C/c1sccc1Cl. The van der Waals surface area contributed by atoms with E-state index in [1.807, 2.05) is 5.38 Å². The van der Waals surface area contributed by atoms with Crippen molar-refractivity contribution in [3.05, 3.63) is 37.5 Å². The van der Waals surface area contributed by atoms with Crippen molar-refractivity contribution >= 4 is 29.0 Å². The van der Waals surface area contributed by atoms with Crippen LogP contribution in [0.4, 0.5) is 0 Å². The number of nitro groups is 1. The van der Waals surface area contributed by atoms with Crippen molar-refractivity contribution in [3.63, 3.8) is 0 Å². The maximum absolute atomic E-state index is 9.94. The summed E-state index contributed by atoms with van der Waals surface area (Å²) in [5, 5.41) is 12.4. The van der Waals surface area contributed by atoms with Gasteiger partial charge in [0.1, 0.15) is 0 Å². The zero-order chi connectivity index (χ0) is 8.97. The van der Waals surface area contributed by atoms with E-state index in [0.717, 1.165) is 4.88 Å². The second-order valence-corrected chi connectivity index (χ2v) is 3.41. The Morgan fingerprint density at radius 3 is 3.00 bits per heavy atom. The summed E-state index contributed by atoms with van der Waals surface area (Å²) in [7, 11) is 0. The molecule has 0 aromatic carbocycles. The van der Waals surface area contributed by atoms with Gasteiger partial charge in [0.25, 0.3) is 0 Å². The normalized spacial score (nSPS) is 10.8. The van der Waals surface area contributed by atoms with Gasteiger partial charge < -0.3 is 0 Å². The first-order valence-electron chi connectivity index (χ1n) is 3.21. The minimum absolute atomic E-state index is 0.159. The van der Waals surface area contributed by atoms with Crippen LogP contribution < -0.4 is 0 Å². The van der Waals surface area contributed by atoms with E-state index < -0.39 is 4.92 Å². The fourth-order valence-electron chi connectivity index (χ4n) is 0.670. The van der Waals surface area contributed by atoms with Crippen LogP contribution in [-0.4, -0.2) is 11.5 Å². The molecule has 0 aliphatic heterocycles. The van der Waals surface area contributed by atoms with Crippen LogP contribution >= 0.6 is 22.9 Å². The highest BCUT2D eigenvalue weighted by atomic mass is 35.5. The zero-order valence-corrected chi connectivity index (χ0v) is 7.64. The number of rotatable bonds is 3. The van der Waals surface area contributed by atoms with Gasteiger partial charge in [-0.1, -0.05) is 11.6 Å². The molecular formula is C7H6ClNO2S. The van der Waals surface area contributed by atoms with Gasteiger partial charge >= 0.3 is 0 Å². The van der Waals surface area contributed by atoms with E-state index in [4.69, 9.17) is 11.6 Å². The third-order valence-corrected chi connectivity index (χ3v) is 2.49. The van der Waals surface area contributed by atoms with Gasteiger partial charge in [-0.25, -0.2) is 0 Å². The Kier molecular flexibility index (Phi) is 3.25. The van der Waals surface area contributed by atoms with Crippen molar-refractivity contribution in [2.45, 2.75) is 0 Å². The molecule has 0 aliphatic carbocycles. The van der Waals surface area contributed by atoms with Gasteiger partial charge in [0.05, 0.1) is 5.02 Å². The van der Waals surface area contributed by atoms with Gasteiger partial charge in [-0.2, -0.15) is 0 Å². The molecule has 64 valence electrons. The van der Waals surface area contributed by atoms with Crippen molar-refractivity contribution in [2.24, 2.45) is 0 Å². The molecule has 0 amide bonds. The topological polar surface area (TPSA) is 43.1 Å². The summed E-state index contributed by atoms with van der Waals surface area (Å²) in [5.41, 5.74) is 0. The molecule has 1 rings (SSSR count). The first-order chi connectivity index (χ1) is 5.70. The first kappa shape index (κ1) is 9.22. The van der Waals surface area contributed by atoms with Crippen molar-refractivity contribution < 1.29 is 4.92 Å². The lowest BCUT2D eigenvalue weighted by molar-refractivity contribution is -0.468. The minimum Gasteiger partial charge on any atom is -0.264 e. The van der Waals surface area contributed by atoms with E-state index in [-0.39, 0.29) is 6.54 Å². The molecule has 0 spiro atoms. The highest BCUT2D eigenvalue weighted by molar-refractivity contribution is 7.11. The second kappa shape index (κ2) is 4.23. The molecule has 0 atom stereocenters. The van der Waals surface area contributed by atoms with Gasteiger partial charge in [0, 0.05) is 9.80 Å². The molecule has 0 saturated heterocycles. The molecule has 0 fully saturated rings. The molecule has 1 heterocycles. The standard InChI is InChI=1S/C7H6ClNO2S/c8-6-3-5-12-7(6)2-1-4-9(10)11/h1-3,5H,4H2/b2-1+. The molecule has 0 bridgehead atoms. The molecule has 5 heteroatoms. The zero-order valence-electron chi connectivity index (χ0n) is 6.07. The van der Waals surface area contributed by atoms with Gasteiger partial charge in [-0.05, 0) is 23.6 Å². The number of hydrogen-bond donors (Lipinski definition) is 0. The predicted molar refractivity (Wildman–Crippen MR) is 50.2 cm³/mol. The Morgan fingerprint density at radius 2 is 2.50 bits per heavy atom. The quantitative estimate of drug-likeness (QED) is 0.560. The molecule has 0 saturated carbocycles. The van der Waals surface area contributed by atoms with Gasteiger partial charge in [0.2, 0.25) is 6.54 Å². The van der Waals surface area contributed by atoms with Gasteiger partial charge in [-0.15, -0.1) is 11.3 Å². The molecule has 0 unspecified atom stereocenters. The maximum atomic E-state index is 9.94. The molecule has 0 N–H and O–H groups in total. The predicted octanol–water partition coefficient (Wildman–Crippen LogP) is 2.69. The van der Waals surface area contributed by atoms with E-state index in [0.29, 0.717) is 5.02 Å². The van der Waals surface area contributed by atoms with Crippen LogP contribution in [-0.2, 0) is 0 Å². The van der Waals surface area contributed by atoms with Crippen LogP contribution in [0.3, 0.4) is 0 Å². The number of thiophene rings is 1. The molecule has 3 nitrogen and oxygen atoms in total. The monoisotopic (exact) mass is 203 g/mol. The van der Waals surface area contributed by atoms with Crippen molar-refractivity contribution in [1.29, 1.82) is 0 Å². The van der Waals surface area contributed by atoms with Crippen LogP contribution in [0.1, 0.15) is 4.88 Å². The van der Waals surface area contributed by atoms with Crippen molar-refractivity contribution in [3.8, 4) is 0 Å². The summed E-state index contributed by atoms with van der Waals surface area (Å²) in [4.78, 5) is 10.4. The van der Waals surface area contributed by atoms with Crippen LogP contribution in [0.15, 0.2) is 17.5 Å². The molecular weight excluding hydrogens is 198 g/mol. The van der Waals surface area contributed by atoms with E-state index in [1.165, 1.54) is 17.4 Å². The summed E-state index contributed by atoms with van der Waals surface area (Å²) in [6, 6.07) is 1.76. The summed E-state index contributed by atoms with van der Waals surface area (Å²) in [5.74, 6) is 0. The maximum Gasteiger partial charge on any atom is 0.222 e. The Hall–Kier alpha value is -0.870. The summed E-state index contributed by atoms with van der Waals surface area (Å²) < 4.78 is 0. The average Bonchev–Trinajstić information content (AvgIpc) is 2.36. The molecule has 0 aliphatic rings. The minimum atomic E-state index is -0.391. The summed E-state index contributed by atoms with van der Waals surface area (Å²) >= 11 is 7.20. The lowest BCUT2D eigenvalue weighted by atomic mass is 10.4. The second-order valence-electron chi connectivity index (χ2n) is 2.05. The largest absolute Gasteiger partial charge is 0.264 e. The number of nitrogens with zero attached hydrogens (tertiary/aromatic N) is 1. The number of halogens is 1. The lowest BCUT2D eigenvalue weighted by Gasteiger charge is -1.85. The fraction of sp³-hybridized carbons (Fsp3) is 0.143. The van der Waals surface area contributed by atoms with Crippen LogP contribution in [0, 0.1) is 10.1 Å². The van der Waals surface area contributed by atoms with Crippen LogP contribution in [0.2, 0.25) is 5.02 Å². The summed E-state index contributed by atoms with van der Waals surface area (Å²) in [6.07, 6.45) is 3.15. The average molecular weight is 204 g/mol. The first-order valence-corrected chi connectivity index (χ1v) is 4.47. The van der Waals surface area contributed by atoms with Gasteiger partial charge in [0.15, 0.2) is 0 Å². The Bertz CT molecular complexity index is 308. The Labute approximate surface area is 78.4 Å². The van der Waals surface area contributed by atoms with E-state index in [2.05, 4.69) is 0 Å². The third-order valence-electron chi connectivity index (χ3n) is 1.17. The van der Waals surface area contributed by atoms with E-state index in [1.54, 1.807) is 12.1 Å².